The molecule has 1 aromatic carbocycles. The van der Waals surface area contributed by atoms with Crippen LogP contribution in [0.5, 0.6) is 0 Å². The highest BCUT2D eigenvalue weighted by atomic mass is 16.5. The molecule has 0 spiro atoms. The SMILES string of the molecule is Cc1cc(NC(=O)CCc2ccc(N3CCCC3)cc2)no1. The minimum Gasteiger partial charge on any atom is -0.372 e. The van der Waals surface area contributed by atoms with Gasteiger partial charge in [-0.25, -0.2) is 0 Å². The van der Waals surface area contributed by atoms with Crippen LogP contribution in [0.2, 0.25) is 0 Å². The molecule has 5 nitrogen and oxygen atoms in total. The van der Waals surface area contributed by atoms with Crippen LogP contribution in [0.4, 0.5) is 11.5 Å². The summed E-state index contributed by atoms with van der Waals surface area (Å²) in [6, 6.07) is 10.2. The van der Waals surface area contributed by atoms with Gasteiger partial charge in [0.25, 0.3) is 0 Å². The van der Waals surface area contributed by atoms with Crippen LogP contribution >= 0.6 is 0 Å². The lowest BCUT2D eigenvalue weighted by Gasteiger charge is -2.17. The van der Waals surface area contributed by atoms with Gasteiger partial charge in [0.15, 0.2) is 5.82 Å². The third kappa shape index (κ3) is 3.67. The Morgan fingerprint density at radius 3 is 2.64 bits per heavy atom. The van der Waals surface area contributed by atoms with Crippen molar-refractivity contribution in [3.05, 3.63) is 41.7 Å². The van der Waals surface area contributed by atoms with Gasteiger partial charge in [0, 0.05) is 31.3 Å². The number of hydrogen-bond acceptors (Lipinski definition) is 4. The van der Waals surface area contributed by atoms with Crippen LogP contribution in [-0.4, -0.2) is 24.2 Å². The summed E-state index contributed by atoms with van der Waals surface area (Å²) in [7, 11) is 0. The van der Waals surface area contributed by atoms with E-state index >= 15 is 0 Å². The Morgan fingerprint density at radius 1 is 1.27 bits per heavy atom. The number of rotatable bonds is 5. The Bertz CT molecular complexity index is 628. The number of nitrogens with zero attached hydrogens (tertiary/aromatic N) is 2. The Balaban J connectivity index is 1.49. The van der Waals surface area contributed by atoms with Crippen molar-refractivity contribution in [2.24, 2.45) is 0 Å². The molecule has 0 saturated carbocycles. The summed E-state index contributed by atoms with van der Waals surface area (Å²) in [5, 5.41) is 6.49. The number of aromatic nitrogens is 1. The summed E-state index contributed by atoms with van der Waals surface area (Å²) in [5.41, 5.74) is 2.46. The van der Waals surface area contributed by atoms with E-state index in [1.807, 2.05) is 0 Å². The van der Waals surface area contributed by atoms with Gasteiger partial charge in [0.1, 0.15) is 5.76 Å². The van der Waals surface area contributed by atoms with Gasteiger partial charge in [-0.3, -0.25) is 4.79 Å². The number of nitrogens with one attached hydrogen (secondary N) is 1. The number of carbonyl (C=O) groups excluding carboxylic acids is 1. The summed E-state index contributed by atoms with van der Waals surface area (Å²) in [4.78, 5) is 14.3. The molecular formula is C17H21N3O2. The minimum atomic E-state index is -0.0445. The van der Waals surface area contributed by atoms with Crippen molar-refractivity contribution in [3.63, 3.8) is 0 Å². The van der Waals surface area contributed by atoms with E-state index in [2.05, 4.69) is 39.6 Å². The molecule has 0 aliphatic carbocycles. The summed E-state index contributed by atoms with van der Waals surface area (Å²) < 4.78 is 4.92. The van der Waals surface area contributed by atoms with Crippen LogP contribution in [0.25, 0.3) is 0 Å². The van der Waals surface area contributed by atoms with E-state index in [-0.39, 0.29) is 5.91 Å². The van der Waals surface area contributed by atoms with E-state index in [1.165, 1.54) is 24.1 Å². The maximum absolute atomic E-state index is 11.9. The van der Waals surface area contributed by atoms with Crippen LogP contribution in [0, 0.1) is 6.92 Å². The monoisotopic (exact) mass is 299 g/mol. The maximum atomic E-state index is 11.9. The first-order valence-electron chi connectivity index (χ1n) is 7.78. The number of amides is 1. The lowest BCUT2D eigenvalue weighted by Crippen LogP contribution is -2.17. The molecule has 0 radical (unpaired) electrons. The highest BCUT2D eigenvalue weighted by Gasteiger charge is 2.12. The standard InChI is InChI=1S/C17H21N3O2/c1-13-12-16(19-22-13)18-17(21)9-6-14-4-7-15(8-5-14)20-10-2-3-11-20/h4-5,7-8,12H,2-3,6,9-11H2,1H3,(H,18,19,21). The molecule has 22 heavy (non-hydrogen) atoms. The Morgan fingerprint density at radius 2 is 2.00 bits per heavy atom. The second-order valence-corrected chi connectivity index (χ2v) is 5.73. The fraction of sp³-hybridized carbons (Fsp3) is 0.412. The van der Waals surface area contributed by atoms with E-state index in [0.29, 0.717) is 18.0 Å². The van der Waals surface area contributed by atoms with Crippen LogP contribution in [0.15, 0.2) is 34.9 Å². The van der Waals surface area contributed by atoms with Crippen molar-refractivity contribution >= 4 is 17.4 Å². The largest absolute Gasteiger partial charge is 0.372 e. The molecular weight excluding hydrogens is 278 g/mol. The zero-order valence-corrected chi connectivity index (χ0v) is 12.8. The zero-order valence-electron chi connectivity index (χ0n) is 12.8. The number of benzene rings is 1. The highest BCUT2D eigenvalue weighted by molar-refractivity contribution is 5.89. The molecule has 1 amide bonds. The summed E-state index contributed by atoms with van der Waals surface area (Å²) in [6.45, 7) is 4.10. The van der Waals surface area contributed by atoms with Gasteiger partial charge in [-0.15, -0.1) is 0 Å². The van der Waals surface area contributed by atoms with Crippen molar-refractivity contribution in [2.75, 3.05) is 23.3 Å². The van der Waals surface area contributed by atoms with E-state index in [1.54, 1.807) is 13.0 Å². The third-order valence-corrected chi connectivity index (χ3v) is 3.94. The average Bonchev–Trinajstić information content (AvgIpc) is 3.18. The molecule has 0 atom stereocenters. The van der Waals surface area contributed by atoms with E-state index in [9.17, 15) is 4.79 Å². The molecule has 3 rings (SSSR count). The van der Waals surface area contributed by atoms with E-state index in [0.717, 1.165) is 19.5 Å². The quantitative estimate of drug-likeness (QED) is 0.921. The first-order valence-corrected chi connectivity index (χ1v) is 7.78. The van der Waals surface area contributed by atoms with Gasteiger partial charge < -0.3 is 14.7 Å². The van der Waals surface area contributed by atoms with Crippen LogP contribution in [0.1, 0.15) is 30.6 Å². The smallest absolute Gasteiger partial charge is 0.225 e. The van der Waals surface area contributed by atoms with Crippen LogP contribution < -0.4 is 10.2 Å². The summed E-state index contributed by atoms with van der Waals surface area (Å²) in [6.07, 6.45) is 3.73. The summed E-state index contributed by atoms with van der Waals surface area (Å²) in [5.74, 6) is 1.12. The molecule has 2 heterocycles. The molecule has 2 aromatic rings. The van der Waals surface area contributed by atoms with Gasteiger partial charge in [-0.1, -0.05) is 17.3 Å². The number of hydrogen-bond donors (Lipinski definition) is 1. The lowest BCUT2D eigenvalue weighted by atomic mass is 10.1. The topological polar surface area (TPSA) is 58.4 Å². The Kier molecular flexibility index (Phi) is 4.42. The van der Waals surface area contributed by atoms with Crippen LogP contribution in [0.3, 0.4) is 0 Å². The van der Waals surface area contributed by atoms with Crippen molar-refractivity contribution in [1.29, 1.82) is 0 Å². The average molecular weight is 299 g/mol. The Hall–Kier alpha value is -2.30. The first-order chi connectivity index (χ1) is 10.7. The molecule has 0 unspecified atom stereocenters. The second kappa shape index (κ2) is 6.64. The highest BCUT2D eigenvalue weighted by Crippen LogP contribution is 2.20. The molecule has 1 N–H and O–H groups in total. The molecule has 1 aromatic heterocycles. The van der Waals surface area contributed by atoms with Gasteiger partial charge in [0.05, 0.1) is 0 Å². The first kappa shape index (κ1) is 14.6. The molecule has 1 aliphatic heterocycles. The summed E-state index contributed by atoms with van der Waals surface area (Å²) >= 11 is 0. The van der Waals surface area contributed by atoms with Gasteiger partial charge >= 0.3 is 0 Å². The van der Waals surface area contributed by atoms with Gasteiger partial charge in [-0.2, -0.15) is 0 Å². The van der Waals surface area contributed by atoms with Crippen molar-refractivity contribution < 1.29 is 9.32 Å². The fourth-order valence-electron chi connectivity index (χ4n) is 2.74. The maximum Gasteiger partial charge on any atom is 0.225 e. The normalized spacial score (nSPS) is 14.3. The van der Waals surface area contributed by atoms with Gasteiger partial charge in [-0.05, 0) is 43.9 Å². The van der Waals surface area contributed by atoms with Crippen molar-refractivity contribution in [1.82, 2.24) is 5.16 Å². The predicted octanol–water partition coefficient (Wildman–Crippen LogP) is 3.15. The Labute approximate surface area is 130 Å². The van der Waals surface area contributed by atoms with Gasteiger partial charge in [0.2, 0.25) is 5.91 Å². The molecule has 1 fully saturated rings. The molecule has 1 aliphatic rings. The van der Waals surface area contributed by atoms with Crippen LogP contribution in [-0.2, 0) is 11.2 Å². The van der Waals surface area contributed by atoms with Crippen molar-refractivity contribution in [2.45, 2.75) is 32.6 Å². The molecule has 116 valence electrons. The molecule has 1 saturated heterocycles. The van der Waals surface area contributed by atoms with E-state index in [4.69, 9.17) is 4.52 Å². The van der Waals surface area contributed by atoms with Crippen molar-refractivity contribution in [3.8, 4) is 0 Å². The zero-order chi connectivity index (χ0) is 15.4. The third-order valence-electron chi connectivity index (χ3n) is 3.94. The number of aryl methyl sites for hydroxylation is 2. The molecule has 0 bridgehead atoms. The fourth-order valence-corrected chi connectivity index (χ4v) is 2.74. The minimum absolute atomic E-state index is 0.0445. The second-order valence-electron chi connectivity index (χ2n) is 5.73. The lowest BCUT2D eigenvalue weighted by molar-refractivity contribution is -0.116. The number of carbonyl (C=O) groups is 1. The predicted molar refractivity (Wildman–Crippen MR) is 86.1 cm³/mol. The molecule has 5 heteroatoms. The number of anilines is 2. The van der Waals surface area contributed by atoms with E-state index < -0.39 is 0 Å².